The Balaban J connectivity index is -0.0000000760. The smallest absolute Gasteiger partial charge is 0 e. The first-order valence-electron chi connectivity index (χ1n) is 4.24. The van der Waals surface area contributed by atoms with Crippen molar-refractivity contribution in [1.29, 1.82) is 0 Å². The normalized spacial score (nSPS) is 7.24. The molecule has 0 fully saturated rings. The number of rotatable bonds is 2. The van der Waals surface area contributed by atoms with Crippen LogP contribution < -0.4 is 0 Å². The molecule has 2 radical (unpaired) electrons. The summed E-state index contributed by atoms with van der Waals surface area (Å²) >= 11 is 1.46. The van der Waals surface area contributed by atoms with Gasteiger partial charge in [0.25, 0.3) is 0 Å². The monoisotopic (exact) mass is 532 g/mol. The van der Waals surface area contributed by atoms with Gasteiger partial charge in [0.2, 0.25) is 0 Å². The van der Waals surface area contributed by atoms with Gasteiger partial charge in [-0.05, 0) is 6.26 Å². The van der Waals surface area contributed by atoms with Crippen molar-refractivity contribution in [3.63, 3.8) is 0 Å². The fraction of sp³-hybridized carbons (Fsp3) is 0.250. The summed E-state index contributed by atoms with van der Waals surface area (Å²) in [5, 5.41) is 0. The molecule has 94 valence electrons. The van der Waals surface area contributed by atoms with Gasteiger partial charge in [0.15, 0.2) is 0 Å². The Kier molecular flexibility index (Phi) is 41.4. The SMILES string of the molecule is CC.[CH2-]c1ccccc1N=[C-]SC.[CH3-].[V].[W].[Y]. The maximum absolute atomic E-state index is 4.07. The molecule has 0 bridgehead atoms. The van der Waals surface area contributed by atoms with Crippen molar-refractivity contribution in [2.45, 2.75) is 13.8 Å². The Bertz CT molecular complexity index is 272. The van der Waals surface area contributed by atoms with Crippen LogP contribution in [0.1, 0.15) is 19.4 Å². The van der Waals surface area contributed by atoms with Gasteiger partial charge in [-0.15, -0.1) is 23.4 Å². The van der Waals surface area contributed by atoms with E-state index in [1.54, 1.807) is 0 Å². The zero-order valence-corrected chi connectivity index (χ0v) is 18.8. The summed E-state index contributed by atoms with van der Waals surface area (Å²) in [6, 6.07) is 7.74. The molecular weight excluding hydrogens is 514 g/mol. The van der Waals surface area contributed by atoms with Crippen LogP contribution in [0.5, 0.6) is 0 Å². The summed E-state index contributed by atoms with van der Waals surface area (Å²) in [7, 11) is 0. The molecule has 0 aliphatic rings. The number of hydrogen-bond acceptors (Lipinski definition) is 2. The van der Waals surface area contributed by atoms with Crippen molar-refractivity contribution in [2.75, 3.05) is 6.26 Å². The number of thioether (sulfide) groups is 1. The summed E-state index contributed by atoms with van der Waals surface area (Å²) in [5.41, 5.74) is 4.64. The predicted molar refractivity (Wildman–Crippen MR) is 69.3 cm³/mol. The molecule has 1 aromatic carbocycles. The number of nitrogens with zero attached hydrogens (tertiary/aromatic N) is 1. The number of hydrogen-bond donors (Lipinski definition) is 0. The molecule has 0 amide bonds. The van der Waals surface area contributed by atoms with Gasteiger partial charge in [-0.2, -0.15) is 11.6 Å². The maximum atomic E-state index is 4.07. The average Bonchev–Trinajstić information content (AvgIpc) is 2.20. The van der Waals surface area contributed by atoms with E-state index in [1.807, 2.05) is 44.4 Å². The zero-order chi connectivity index (χ0) is 10.1. The minimum atomic E-state index is 0. The molecule has 0 aliphatic carbocycles. The molecule has 0 atom stereocenters. The van der Waals surface area contributed by atoms with Crippen LogP contribution in [-0.2, 0) is 72.3 Å². The van der Waals surface area contributed by atoms with Crippen LogP contribution in [-0.4, -0.2) is 11.8 Å². The first-order chi connectivity index (χ1) is 6.34. The molecule has 1 nitrogen and oxygen atoms in total. The number of para-hydroxylation sites is 1. The van der Waals surface area contributed by atoms with Crippen molar-refractivity contribution in [1.82, 2.24) is 0 Å². The fourth-order valence-corrected chi connectivity index (χ4v) is 0.904. The quantitative estimate of drug-likeness (QED) is 0.316. The molecule has 0 unspecified atom stereocenters. The summed E-state index contributed by atoms with van der Waals surface area (Å²) in [6.45, 7) is 7.83. The minimum Gasteiger partial charge on any atom is -0.446 e. The molecule has 0 aromatic heterocycles. The van der Waals surface area contributed by atoms with E-state index in [2.05, 4.69) is 17.5 Å². The summed E-state index contributed by atoms with van der Waals surface area (Å²) in [5.74, 6) is 0. The molecule has 0 spiro atoms. The van der Waals surface area contributed by atoms with Gasteiger partial charge in [-0.3, -0.25) is 0 Å². The van der Waals surface area contributed by atoms with Gasteiger partial charge in [0.05, 0.1) is 0 Å². The van der Waals surface area contributed by atoms with Crippen molar-refractivity contribution >= 4 is 23.0 Å². The second-order valence-electron chi connectivity index (χ2n) is 2.04. The number of benzene rings is 1. The predicted octanol–water partition coefficient (Wildman–Crippen LogP) is 4.24. The molecule has 17 heavy (non-hydrogen) atoms. The van der Waals surface area contributed by atoms with E-state index in [4.69, 9.17) is 0 Å². The molecule has 1 aromatic rings. The van der Waals surface area contributed by atoms with Gasteiger partial charge in [0.1, 0.15) is 0 Å². The second kappa shape index (κ2) is 22.6. The van der Waals surface area contributed by atoms with Crippen LogP contribution in [0, 0.1) is 14.4 Å². The first kappa shape index (κ1) is 31.1. The van der Waals surface area contributed by atoms with Crippen LogP contribution >= 0.6 is 11.8 Å². The van der Waals surface area contributed by atoms with Gasteiger partial charge in [0, 0.05) is 72.3 Å². The third-order valence-electron chi connectivity index (χ3n) is 1.25. The molecule has 5 heteroatoms. The van der Waals surface area contributed by atoms with Crippen LogP contribution in [0.3, 0.4) is 0 Å². The van der Waals surface area contributed by atoms with E-state index in [-0.39, 0.29) is 79.8 Å². The zero-order valence-electron chi connectivity index (χ0n) is 10.8. The van der Waals surface area contributed by atoms with Gasteiger partial charge in [-0.25, -0.2) is 18.7 Å². The molecular formula is C12H18NSVWY-3. The van der Waals surface area contributed by atoms with E-state index >= 15 is 0 Å². The molecule has 0 N–H and O–H groups in total. The maximum Gasteiger partial charge on any atom is 0 e. The van der Waals surface area contributed by atoms with Gasteiger partial charge in [-0.1, -0.05) is 19.9 Å². The van der Waals surface area contributed by atoms with Gasteiger partial charge >= 0.3 is 0 Å². The molecule has 0 saturated carbocycles. The Morgan fingerprint density at radius 3 is 2.12 bits per heavy atom. The molecule has 0 aliphatic heterocycles. The summed E-state index contributed by atoms with van der Waals surface area (Å²) < 4.78 is 0. The van der Waals surface area contributed by atoms with Crippen LogP contribution in [0.25, 0.3) is 0 Å². The van der Waals surface area contributed by atoms with Crippen molar-refractivity contribution in [3.8, 4) is 0 Å². The minimum absolute atomic E-state index is 0. The third-order valence-corrected chi connectivity index (χ3v) is 1.52. The third kappa shape index (κ3) is 15.4. The van der Waals surface area contributed by atoms with E-state index in [0.717, 1.165) is 11.3 Å². The van der Waals surface area contributed by atoms with E-state index in [9.17, 15) is 0 Å². The Morgan fingerprint density at radius 2 is 1.71 bits per heavy atom. The Morgan fingerprint density at radius 1 is 1.24 bits per heavy atom. The summed E-state index contributed by atoms with van der Waals surface area (Å²) in [4.78, 5) is 4.07. The number of aliphatic imine (C=N–C) groups is 1. The largest absolute Gasteiger partial charge is 0.446 e. The van der Waals surface area contributed by atoms with E-state index < -0.39 is 0 Å². The fourth-order valence-electron chi connectivity index (χ4n) is 0.715. The molecule has 0 saturated heterocycles. The van der Waals surface area contributed by atoms with Crippen molar-refractivity contribution < 1.29 is 72.3 Å². The van der Waals surface area contributed by atoms with E-state index in [1.165, 1.54) is 11.8 Å². The van der Waals surface area contributed by atoms with Crippen molar-refractivity contribution in [3.05, 3.63) is 44.2 Å². The van der Waals surface area contributed by atoms with Crippen LogP contribution in [0.4, 0.5) is 5.69 Å². The van der Waals surface area contributed by atoms with Crippen LogP contribution in [0.15, 0.2) is 29.3 Å². The van der Waals surface area contributed by atoms with E-state index in [0.29, 0.717) is 0 Å². The average molecular weight is 532 g/mol. The molecule has 1 rings (SSSR count). The molecule has 0 heterocycles. The first-order valence-corrected chi connectivity index (χ1v) is 5.47. The van der Waals surface area contributed by atoms with Gasteiger partial charge < -0.3 is 12.4 Å². The van der Waals surface area contributed by atoms with Crippen LogP contribution in [0.2, 0.25) is 0 Å². The second-order valence-corrected chi connectivity index (χ2v) is 2.63. The topological polar surface area (TPSA) is 12.4 Å². The Hall–Kier alpha value is 1.49. The van der Waals surface area contributed by atoms with Crippen molar-refractivity contribution in [2.24, 2.45) is 4.99 Å². The summed E-state index contributed by atoms with van der Waals surface area (Å²) in [6.07, 6.45) is 1.93. The standard InChI is InChI=1S/C9H9NS.C2H6.CH3.V.W.Y/c1-8-5-3-4-6-9(8)10-7-11-2;1-2;;;;/h3-6H,1H2,2H3;1-2H3;1H3;;;/q-2;;-1;;;. The Labute approximate surface area is 162 Å².